The summed E-state index contributed by atoms with van der Waals surface area (Å²) in [6.45, 7) is 0.244. The van der Waals surface area contributed by atoms with E-state index >= 15 is 0 Å². The van der Waals surface area contributed by atoms with Crippen molar-refractivity contribution in [3.63, 3.8) is 0 Å². The molecular formula is C14H13NO3S. The number of nitrogens with one attached hydrogen (secondary N) is 1. The maximum Gasteiger partial charge on any atom is 0.220 e. The molecule has 2 aromatic rings. The van der Waals surface area contributed by atoms with E-state index in [4.69, 9.17) is 4.74 Å². The van der Waals surface area contributed by atoms with Crippen molar-refractivity contribution in [2.75, 3.05) is 11.9 Å². The molecule has 1 aliphatic rings. The van der Waals surface area contributed by atoms with Crippen molar-refractivity contribution in [1.82, 2.24) is 0 Å². The summed E-state index contributed by atoms with van der Waals surface area (Å²) in [6.07, 6.45) is 0. The van der Waals surface area contributed by atoms with E-state index in [-0.39, 0.29) is 11.4 Å². The van der Waals surface area contributed by atoms with Gasteiger partial charge in [-0.3, -0.25) is 0 Å². The Morgan fingerprint density at radius 1 is 1.00 bits per heavy atom. The van der Waals surface area contributed by atoms with Crippen LogP contribution in [0.15, 0.2) is 59.5 Å². The van der Waals surface area contributed by atoms with E-state index in [9.17, 15) is 8.42 Å². The second-order valence-corrected chi connectivity index (χ2v) is 6.37. The predicted molar refractivity (Wildman–Crippen MR) is 73.0 cm³/mol. The maximum absolute atomic E-state index is 12.4. The first-order chi connectivity index (χ1) is 9.18. The molecule has 0 amide bonds. The Bertz CT molecular complexity index is 683. The molecule has 1 heterocycles. The normalized spacial score (nSPS) is 18.0. The molecule has 0 bridgehead atoms. The highest BCUT2D eigenvalue weighted by molar-refractivity contribution is 7.92. The van der Waals surface area contributed by atoms with Gasteiger partial charge in [0.05, 0.1) is 17.1 Å². The van der Waals surface area contributed by atoms with Crippen LogP contribution >= 0.6 is 0 Å². The Morgan fingerprint density at radius 3 is 2.47 bits per heavy atom. The molecule has 0 radical (unpaired) electrons. The fraction of sp³-hybridized carbons (Fsp3) is 0.143. The molecule has 0 aromatic heterocycles. The fourth-order valence-electron chi connectivity index (χ4n) is 2.03. The van der Waals surface area contributed by atoms with Crippen LogP contribution in [0.4, 0.5) is 5.69 Å². The number of sulfone groups is 1. The van der Waals surface area contributed by atoms with Crippen molar-refractivity contribution >= 4 is 15.5 Å². The van der Waals surface area contributed by atoms with Gasteiger partial charge < -0.3 is 10.1 Å². The molecule has 2 aromatic carbocycles. The number of hydrogen-bond donors (Lipinski definition) is 1. The second kappa shape index (κ2) is 4.59. The van der Waals surface area contributed by atoms with Crippen LogP contribution in [0.5, 0.6) is 5.75 Å². The summed E-state index contributed by atoms with van der Waals surface area (Å²) >= 11 is 0. The highest BCUT2D eigenvalue weighted by Crippen LogP contribution is 2.31. The average Bonchev–Trinajstić information content (AvgIpc) is 2.47. The third kappa shape index (κ3) is 2.17. The van der Waals surface area contributed by atoms with Crippen molar-refractivity contribution in [2.24, 2.45) is 0 Å². The van der Waals surface area contributed by atoms with E-state index in [0.29, 0.717) is 5.75 Å². The summed E-state index contributed by atoms with van der Waals surface area (Å²) in [6, 6.07) is 15.7. The monoisotopic (exact) mass is 275 g/mol. The molecule has 98 valence electrons. The van der Waals surface area contributed by atoms with Crippen LogP contribution in [-0.4, -0.2) is 20.4 Å². The fourth-order valence-corrected chi connectivity index (χ4v) is 3.40. The Balaban J connectivity index is 1.93. The van der Waals surface area contributed by atoms with E-state index in [2.05, 4.69) is 5.32 Å². The molecule has 0 saturated heterocycles. The van der Waals surface area contributed by atoms with Gasteiger partial charge in [0.25, 0.3) is 0 Å². The van der Waals surface area contributed by atoms with Crippen LogP contribution in [0.1, 0.15) is 0 Å². The molecule has 1 unspecified atom stereocenters. The molecule has 0 aliphatic carbocycles. The summed E-state index contributed by atoms with van der Waals surface area (Å²) in [5.41, 5.74) is -0.0770. The van der Waals surface area contributed by atoms with Gasteiger partial charge in [0.15, 0.2) is 0 Å². The molecule has 3 rings (SSSR count). The summed E-state index contributed by atoms with van der Waals surface area (Å²) in [5, 5.41) is 3.08. The Hall–Kier alpha value is -2.01. The topological polar surface area (TPSA) is 55.4 Å². The van der Waals surface area contributed by atoms with Gasteiger partial charge in [0.1, 0.15) is 5.75 Å². The molecule has 1 N–H and O–H groups in total. The number of hydrogen-bond acceptors (Lipinski definition) is 4. The minimum absolute atomic E-state index is 0.244. The standard InChI is InChI=1S/C14H13NO3S/c16-19(17,11-6-2-1-3-7-11)14-10-15-12-8-4-5-9-13(12)18-14/h1-9,14-15H,10H2. The summed E-state index contributed by atoms with van der Waals surface area (Å²) in [4.78, 5) is 0.279. The van der Waals surface area contributed by atoms with Crippen molar-refractivity contribution in [2.45, 2.75) is 10.3 Å². The summed E-state index contributed by atoms with van der Waals surface area (Å²) in [7, 11) is -3.49. The van der Waals surface area contributed by atoms with Gasteiger partial charge in [-0.25, -0.2) is 8.42 Å². The van der Waals surface area contributed by atoms with Gasteiger partial charge >= 0.3 is 0 Å². The maximum atomic E-state index is 12.4. The summed E-state index contributed by atoms with van der Waals surface area (Å²) in [5.74, 6) is 0.568. The minimum atomic E-state index is -3.49. The van der Waals surface area contributed by atoms with Gasteiger partial charge in [-0.05, 0) is 24.3 Å². The average molecular weight is 275 g/mol. The number of ether oxygens (including phenoxy) is 1. The third-order valence-electron chi connectivity index (χ3n) is 3.02. The molecule has 0 fully saturated rings. The first-order valence-electron chi connectivity index (χ1n) is 5.96. The lowest BCUT2D eigenvalue weighted by Gasteiger charge is -2.27. The van der Waals surface area contributed by atoms with E-state index in [0.717, 1.165) is 5.69 Å². The van der Waals surface area contributed by atoms with Crippen LogP contribution in [0.3, 0.4) is 0 Å². The number of benzene rings is 2. The largest absolute Gasteiger partial charge is 0.470 e. The van der Waals surface area contributed by atoms with E-state index in [1.807, 2.05) is 18.2 Å². The first kappa shape index (κ1) is 12.0. The lowest BCUT2D eigenvalue weighted by Crippen LogP contribution is -2.37. The molecule has 4 nitrogen and oxygen atoms in total. The number of anilines is 1. The zero-order valence-electron chi connectivity index (χ0n) is 10.1. The van der Waals surface area contributed by atoms with Crippen LogP contribution in [-0.2, 0) is 9.84 Å². The van der Waals surface area contributed by atoms with Crippen LogP contribution in [0.2, 0.25) is 0 Å². The molecule has 0 saturated carbocycles. The van der Waals surface area contributed by atoms with E-state index in [1.54, 1.807) is 36.4 Å². The molecular weight excluding hydrogens is 262 g/mol. The van der Waals surface area contributed by atoms with Crippen molar-refractivity contribution in [3.05, 3.63) is 54.6 Å². The van der Waals surface area contributed by atoms with E-state index in [1.165, 1.54) is 0 Å². The second-order valence-electron chi connectivity index (χ2n) is 4.28. The van der Waals surface area contributed by atoms with Gasteiger partial charge in [-0.1, -0.05) is 30.3 Å². The number of rotatable bonds is 2. The van der Waals surface area contributed by atoms with Crippen LogP contribution in [0, 0.1) is 0 Å². The van der Waals surface area contributed by atoms with Crippen molar-refractivity contribution < 1.29 is 13.2 Å². The molecule has 0 spiro atoms. The molecule has 1 aliphatic heterocycles. The number of para-hydroxylation sites is 2. The summed E-state index contributed by atoms with van der Waals surface area (Å²) < 4.78 is 30.5. The SMILES string of the molecule is O=S(=O)(c1ccccc1)C1CNc2ccccc2O1. The van der Waals surface area contributed by atoms with E-state index < -0.39 is 15.3 Å². The van der Waals surface area contributed by atoms with Crippen molar-refractivity contribution in [1.29, 1.82) is 0 Å². The van der Waals surface area contributed by atoms with Crippen LogP contribution in [0.25, 0.3) is 0 Å². The number of fused-ring (bicyclic) bond motifs is 1. The molecule has 5 heteroatoms. The Labute approximate surface area is 112 Å². The van der Waals surface area contributed by atoms with Gasteiger partial charge in [0, 0.05) is 0 Å². The smallest absolute Gasteiger partial charge is 0.220 e. The zero-order valence-corrected chi connectivity index (χ0v) is 10.9. The van der Waals surface area contributed by atoms with Crippen LogP contribution < -0.4 is 10.1 Å². The van der Waals surface area contributed by atoms with Gasteiger partial charge in [0.2, 0.25) is 15.3 Å². The molecule has 1 atom stereocenters. The first-order valence-corrected chi connectivity index (χ1v) is 7.51. The lowest BCUT2D eigenvalue weighted by atomic mass is 10.2. The zero-order chi connectivity index (χ0) is 13.3. The highest BCUT2D eigenvalue weighted by Gasteiger charge is 2.32. The van der Waals surface area contributed by atoms with Gasteiger partial charge in [-0.2, -0.15) is 0 Å². The minimum Gasteiger partial charge on any atom is -0.470 e. The molecule has 19 heavy (non-hydrogen) atoms. The van der Waals surface area contributed by atoms with Crippen molar-refractivity contribution in [3.8, 4) is 5.75 Å². The highest BCUT2D eigenvalue weighted by atomic mass is 32.2. The predicted octanol–water partition coefficient (Wildman–Crippen LogP) is 2.29. The Kier molecular flexibility index (Phi) is 2.91. The lowest BCUT2D eigenvalue weighted by molar-refractivity contribution is 0.276. The quantitative estimate of drug-likeness (QED) is 0.913. The van der Waals surface area contributed by atoms with Gasteiger partial charge in [-0.15, -0.1) is 0 Å². The Morgan fingerprint density at radius 2 is 1.68 bits per heavy atom. The third-order valence-corrected chi connectivity index (χ3v) is 4.91.